The molecular weight excluding hydrogens is 268 g/mol. The van der Waals surface area contributed by atoms with Gasteiger partial charge in [-0.05, 0) is 12.1 Å². The minimum atomic E-state index is 0.207. The summed E-state index contributed by atoms with van der Waals surface area (Å²) in [6.07, 6.45) is 3.14. The van der Waals surface area contributed by atoms with Crippen LogP contribution in [0.3, 0.4) is 0 Å². The van der Waals surface area contributed by atoms with Gasteiger partial charge >= 0.3 is 0 Å². The van der Waals surface area contributed by atoms with Gasteiger partial charge in [0.15, 0.2) is 23.0 Å². The van der Waals surface area contributed by atoms with E-state index in [0.29, 0.717) is 28.1 Å². The summed E-state index contributed by atoms with van der Waals surface area (Å²) in [5.41, 5.74) is 1.37. The van der Waals surface area contributed by atoms with Crippen molar-refractivity contribution in [1.29, 1.82) is 0 Å². The van der Waals surface area contributed by atoms with E-state index in [0.717, 1.165) is 5.56 Å². The summed E-state index contributed by atoms with van der Waals surface area (Å²) in [6.45, 7) is 0.207. The van der Waals surface area contributed by atoms with E-state index in [9.17, 15) is 0 Å². The first kappa shape index (κ1) is 10.6. The fraction of sp³-hybridized carbons (Fsp3) is 0.0833. The molecule has 0 saturated carbocycles. The topological polar surface area (TPSA) is 61.5 Å². The highest BCUT2D eigenvalue weighted by Gasteiger charge is 2.22. The zero-order chi connectivity index (χ0) is 12.8. The van der Waals surface area contributed by atoms with Gasteiger partial charge in [0.05, 0.1) is 18.0 Å². The van der Waals surface area contributed by atoms with Crippen molar-refractivity contribution >= 4 is 17.2 Å². The average Bonchev–Trinajstić information content (AvgIpc) is 3.05. The third-order valence-corrected chi connectivity index (χ3v) is 3.18. The predicted octanol–water partition coefficient (Wildman–Crippen LogP) is 2.17. The molecule has 0 unspecified atom stereocenters. The van der Waals surface area contributed by atoms with Crippen molar-refractivity contribution in [3.05, 3.63) is 35.7 Å². The first-order valence-corrected chi connectivity index (χ1v) is 5.96. The lowest BCUT2D eigenvalue weighted by Crippen LogP contribution is -1.95. The Hall–Kier alpha value is -2.34. The summed E-state index contributed by atoms with van der Waals surface area (Å²) in [5.74, 6) is 1.95. The second-order valence-electron chi connectivity index (χ2n) is 3.99. The smallest absolute Gasteiger partial charge is 0.231 e. The number of hydrogen-bond donors (Lipinski definition) is 0. The molecule has 1 aliphatic rings. The molecule has 4 rings (SSSR count). The van der Waals surface area contributed by atoms with Crippen LogP contribution in [-0.2, 0) is 0 Å². The maximum absolute atomic E-state index is 6.15. The number of hydrogen-bond acceptors (Lipinski definition) is 5. The molecule has 0 atom stereocenters. The number of para-hydroxylation sites is 1. The number of halogens is 1. The highest BCUT2D eigenvalue weighted by atomic mass is 35.5. The van der Waals surface area contributed by atoms with Crippen LogP contribution in [0, 0.1) is 0 Å². The molecule has 1 aromatic carbocycles. The summed E-state index contributed by atoms with van der Waals surface area (Å²) in [6, 6.07) is 5.61. The monoisotopic (exact) mass is 274 g/mol. The highest BCUT2D eigenvalue weighted by Crippen LogP contribution is 2.40. The summed E-state index contributed by atoms with van der Waals surface area (Å²) in [5, 5.41) is 8.65. The molecular formula is C12H7ClN4O2. The molecule has 0 spiro atoms. The molecule has 6 nitrogen and oxygen atoms in total. The largest absolute Gasteiger partial charge is 0.454 e. The van der Waals surface area contributed by atoms with E-state index in [2.05, 4.69) is 15.2 Å². The van der Waals surface area contributed by atoms with Gasteiger partial charge in [-0.3, -0.25) is 9.38 Å². The quantitative estimate of drug-likeness (QED) is 0.680. The van der Waals surface area contributed by atoms with Crippen LogP contribution in [0.2, 0.25) is 5.15 Å². The van der Waals surface area contributed by atoms with Gasteiger partial charge in [-0.1, -0.05) is 17.7 Å². The fourth-order valence-corrected chi connectivity index (χ4v) is 2.32. The van der Waals surface area contributed by atoms with Crippen molar-refractivity contribution in [2.75, 3.05) is 6.79 Å². The van der Waals surface area contributed by atoms with E-state index in [1.54, 1.807) is 16.8 Å². The maximum atomic E-state index is 6.15. The number of benzene rings is 1. The normalized spacial score (nSPS) is 13.1. The van der Waals surface area contributed by atoms with Crippen molar-refractivity contribution in [1.82, 2.24) is 19.6 Å². The first-order valence-electron chi connectivity index (χ1n) is 5.58. The Morgan fingerprint density at radius 3 is 3.05 bits per heavy atom. The van der Waals surface area contributed by atoms with Crippen molar-refractivity contribution in [3.8, 4) is 22.9 Å². The van der Waals surface area contributed by atoms with E-state index >= 15 is 0 Å². The maximum Gasteiger partial charge on any atom is 0.231 e. The minimum absolute atomic E-state index is 0.207. The molecule has 0 N–H and O–H groups in total. The molecule has 0 bridgehead atoms. The number of nitrogens with zero attached hydrogens (tertiary/aromatic N) is 4. The molecule has 0 amide bonds. The SMILES string of the molecule is Clc1cncc2nnc(-c3cccc4c3OCO4)n12. The van der Waals surface area contributed by atoms with Crippen LogP contribution in [0.1, 0.15) is 0 Å². The molecule has 94 valence electrons. The van der Waals surface area contributed by atoms with E-state index in [-0.39, 0.29) is 6.79 Å². The lowest BCUT2D eigenvalue weighted by Gasteiger charge is -2.05. The van der Waals surface area contributed by atoms with Crippen molar-refractivity contribution in [2.45, 2.75) is 0 Å². The van der Waals surface area contributed by atoms with Crippen LogP contribution in [-0.4, -0.2) is 26.4 Å². The van der Waals surface area contributed by atoms with Gasteiger partial charge in [0.2, 0.25) is 6.79 Å². The van der Waals surface area contributed by atoms with Crippen molar-refractivity contribution < 1.29 is 9.47 Å². The molecule has 7 heteroatoms. The summed E-state index contributed by atoms with van der Waals surface area (Å²) in [4.78, 5) is 3.98. The lowest BCUT2D eigenvalue weighted by atomic mass is 10.2. The Balaban J connectivity index is 2.04. The third kappa shape index (κ3) is 1.47. The van der Waals surface area contributed by atoms with E-state index in [1.165, 1.54) is 0 Å². The van der Waals surface area contributed by atoms with Gasteiger partial charge in [-0.2, -0.15) is 0 Å². The lowest BCUT2D eigenvalue weighted by molar-refractivity contribution is 0.174. The predicted molar refractivity (Wildman–Crippen MR) is 67.4 cm³/mol. The van der Waals surface area contributed by atoms with Gasteiger partial charge in [-0.15, -0.1) is 10.2 Å². The molecule has 0 fully saturated rings. The Kier molecular flexibility index (Phi) is 2.13. The van der Waals surface area contributed by atoms with E-state index < -0.39 is 0 Å². The molecule has 1 aliphatic heterocycles. The number of aromatic nitrogens is 4. The fourth-order valence-electron chi connectivity index (χ4n) is 2.09. The Labute approximate surface area is 112 Å². The average molecular weight is 275 g/mol. The minimum Gasteiger partial charge on any atom is -0.454 e. The van der Waals surface area contributed by atoms with Crippen LogP contribution >= 0.6 is 11.6 Å². The Bertz CT molecular complexity index is 786. The van der Waals surface area contributed by atoms with Gasteiger partial charge in [0.25, 0.3) is 0 Å². The summed E-state index contributed by atoms with van der Waals surface area (Å²) >= 11 is 6.15. The highest BCUT2D eigenvalue weighted by molar-refractivity contribution is 6.29. The van der Waals surface area contributed by atoms with Gasteiger partial charge in [0, 0.05) is 0 Å². The number of ether oxygens (including phenoxy) is 2. The zero-order valence-corrected chi connectivity index (χ0v) is 10.3. The molecule has 0 saturated heterocycles. The second kappa shape index (κ2) is 3.83. The van der Waals surface area contributed by atoms with Gasteiger partial charge in [-0.25, -0.2) is 0 Å². The van der Waals surface area contributed by atoms with Crippen LogP contribution in [0.4, 0.5) is 0 Å². The van der Waals surface area contributed by atoms with Gasteiger partial charge < -0.3 is 9.47 Å². The second-order valence-corrected chi connectivity index (χ2v) is 4.37. The van der Waals surface area contributed by atoms with E-state index in [4.69, 9.17) is 21.1 Å². The van der Waals surface area contributed by atoms with Crippen LogP contribution < -0.4 is 9.47 Å². The number of rotatable bonds is 1. The standard InChI is InChI=1S/C12H7ClN4O2/c13-9-4-14-5-10-15-16-12(17(9)10)7-2-1-3-8-11(7)19-6-18-8/h1-5H,6H2. The molecule has 3 aromatic rings. The third-order valence-electron chi connectivity index (χ3n) is 2.91. The molecule has 19 heavy (non-hydrogen) atoms. The van der Waals surface area contributed by atoms with E-state index in [1.807, 2.05) is 18.2 Å². The summed E-state index contributed by atoms with van der Waals surface area (Å²) < 4.78 is 12.5. The molecule has 0 aliphatic carbocycles. The van der Waals surface area contributed by atoms with Gasteiger partial charge in [0.1, 0.15) is 5.15 Å². The van der Waals surface area contributed by atoms with Crippen LogP contribution in [0.5, 0.6) is 11.5 Å². The Morgan fingerprint density at radius 2 is 2.11 bits per heavy atom. The number of fused-ring (bicyclic) bond motifs is 2. The van der Waals surface area contributed by atoms with Crippen LogP contribution in [0.15, 0.2) is 30.6 Å². The first-order chi connectivity index (χ1) is 9.34. The molecule has 0 radical (unpaired) electrons. The van der Waals surface area contributed by atoms with Crippen molar-refractivity contribution in [3.63, 3.8) is 0 Å². The van der Waals surface area contributed by atoms with Crippen LogP contribution in [0.25, 0.3) is 17.0 Å². The van der Waals surface area contributed by atoms with Crippen molar-refractivity contribution in [2.24, 2.45) is 0 Å². The summed E-state index contributed by atoms with van der Waals surface area (Å²) in [7, 11) is 0. The zero-order valence-electron chi connectivity index (χ0n) is 9.58. The Morgan fingerprint density at radius 1 is 1.16 bits per heavy atom. The molecule has 2 aromatic heterocycles. The molecule has 3 heterocycles.